The van der Waals surface area contributed by atoms with Crippen molar-refractivity contribution in [3.8, 4) is 0 Å². The Kier molecular flexibility index (Phi) is 4.83. The number of benzene rings is 2. The molecule has 1 N–H and O–H groups in total. The molecule has 0 spiro atoms. The molecule has 0 aliphatic rings. The summed E-state index contributed by atoms with van der Waals surface area (Å²) in [4.78, 5) is 30.0. The number of aliphatic hydroxyl groups is 1. The van der Waals surface area contributed by atoms with Crippen LogP contribution >= 0.6 is 0 Å². The fraction of sp³-hybridized carbons (Fsp3) is 0.286. The van der Waals surface area contributed by atoms with Gasteiger partial charge in [0.2, 0.25) is 0 Å². The highest BCUT2D eigenvalue weighted by molar-refractivity contribution is 5.78. The minimum atomic E-state index is -0.363. The Morgan fingerprint density at radius 3 is 2.43 bits per heavy atom. The van der Waals surface area contributed by atoms with Crippen molar-refractivity contribution in [2.75, 3.05) is 6.61 Å². The fourth-order valence-electron chi connectivity index (χ4n) is 3.61. The Morgan fingerprint density at radius 1 is 0.929 bits per heavy atom. The van der Waals surface area contributed by atoms with Crippen molar-refractivity contribution in [1.29, 1.82) is 0 Å². The van der Waals surface area contributed by atoms with Crippen LogP contribution in [0.25, 0.3) is 21.9 Å². The molecule has 7 heteroatoms. The van der Waals surface area contributed by atoms with Gasteiger partial charge in [0.15, 0.2) is 0 Å². The number of aromatic nitrogens is 4. The second-order valence-electron chi connectivity index (χ2n) is 6.85. The van der Waals surface area contributed by atoms with E-state index in [0.717, 1.165) is 27.8 Å². The number of unbranched alkanes of at least 4 members (excludes halogenated alkanes) is 1. The molecule has 28 heavy (non-hydrogen) atoms. The number of hydrogen-bond donors (Lipinski definition) is 1. The highest BCUT2D eigenvalue weighted by atomic mass is 16.3. The van der Waals surface area contributed by atoms with E-state index in [1.54, 1.807) is 22.8 Å². The molecule has 2 aromatic heterocycles. The summed E-state index contributed by atoms with van der Waals surface area (Å²) in [7, 11) is 1.50. The number of rotatable bonds is 6. The monoisotopic (exact) mass is 378 g/mol. The average Bonchev–Trinajstić information content (AvgIpc) is 3.07. The van der Waals surface area contributed by atoms with E-state index in [1.165, 1.54) is 7.05 Å². The summed E-state index contributed by atoms with van der Waals surface area (Å²) in [6.45, 7) is 1.11. The van der Waals surface area contributed by atoms with Gasteiger partial charge in [0.05, 0.1) is 28.5 Å². The van der Waals surface area contributed by atoms with Crippen LogP contribution in [0.2, 0.25) is 0 Å². The lowest BCUT2D eigenvalue weighted by Crippen LogP contribution is -2.38. The first-order chi connectivity index (χ1) is 13.6. The summed E-state index contributed by atoms with van der Waals surface area (Å²) in [5, 5.41) is 9.63. The summed E-state index contributed by atoms with van der Waals surface area (Å²) in [6.07, 6.45) is 1.52. The van der Waals surface area contributed by atoms with Gasteiger partial charge < -0.3 is 9.67 Å². The van der Waals surface area contributed by atoms with E-state index in [-0.39, 0.29) is 24.4 Å². The van der Waals surface area contributed by atoms with Gasteiger partial charge in [-0.1, -0.05) is 24.3 Å². The van der Waals surface area contributed by atoms with Crippen LogP contribution in [0.5, 0.6) is 0 Å². The Bertz CT molecular complexity index is 1270. The van der Waals surface area contributed by atoms with Gasteiger partial charge in [-0.2, -0.15) is 0 Å². The second kappa shape index (κ2) is 7.44. The van der Waals surface area contributed by atoms with Crippen LogP contribution in [-0.4, -0.2) is 30.4 Å². The molecule has 0 unspecified atom stereocenters. The van der Waals surface area contributed by atoms with Gasteiger partial charge in [-0.25, -0.2) is 9.78 Å². The van der Waals surface area contributed by atoms with E-state index in [1.807, 2.05) is 30.3 Å². The van der Waals surface area contributed by atoms with Gasteiger partial charge in [-0.05, 0) is 37.1 Å². The van der Waals surface area contributed by atoms with Crippen LogP contribution in [0.3, 0.4) is 0 Å². The van der Waals surface area contributed by atoms with Gasteiger partial charge >= 0.3 is 5.69 Å². The van der Waals surface area contributed by atoms with Gasteiger partial charge in [-0.15, -0.1) is 0 Å². The zero-order valence-electron chi connectivity index (χ0n) is 15.7. The molecule has 4 rings (SSSR count). The number of hydrogen-bond acceptors (Lipinski definition) is 4. The summed E-state index contributed by atoms with van der Waals surface area (Å²) in [6, 6.07) is 15.0. The second-order valence-corrected chi connectivity index (χ2v) is 6.85. The number of imidazole rings is 1. The molecule has 4 aromatic rings. The smallest absolute Gasteiger partial charge is 0.331 e. The van der Waals surface area contributed by atoms with E-state index in [2.05, 4.69) is 4.57 Å². The van der Waals surface area contributed by atoms with Crippen LogP contribution < -0.4 is 11.2 Å². The summed E-state index contributed by atoms with van der Waals surface area (Å²) >= 11 is 0. The third-order valence-electron chi connectivity index (χ3n) is 5.07. The highest BCUT2D eigenvalue weighted by Crippen LogP contribution is 2.18. The Hall–Kier alpha value is -3.19. The lowest BCUT2D eigenvalue weighted by molar-refractivity contribution is 0.281. The standard InChI is InChI=1S/C21H22N4O3/c1-23-20(27)15-8-2-4-10-17(15)25(21(23)28)14-19-22-16-9-3-5-11-18(16)24(19)12-6-7-13-26/h2-5,8-11,26H,6-7,12-14H2,1H3. The Balaban J connectivity index is 1.88. The maximum atomic E-state index is 12.9. The molecule has 0 amide bonds. The summed E-state index contributed by atoms with van der Waals surface area (Å²) < 4.78 is 4.83. The molecular weight excluding hydrogens is 356 g/mol. The van der Waals surface area contributed by atoms with Gasteiger partial charge in [0, 0.05) is 20.2 Å². The first-order valence-electron chi connectivity index (χ1n) is 9.35. The molecule has 2 heterocycles. The van der Waals surface area contributed by atoms with E-state index >= 15 is 0 Å². The van der Waals surface area contributed by atoms with E-state index in [0.29, 0.717) is 23.9 Å². The molecule has 0 bridgehead atoms. The highest BCUT2D eigenvalue weighted by Gasteiger charge is 2.15. The van der Waals surface area contributed by atoms with Gasteiger partial charge in [0.25, 0.3) is 5.56 Å². The zero-order chi connectivity index (χ0) is 19.7. The van der Waals surface area contributed by atoms with Crippen LogP contribution in [0.1, 0.15) is 18.7 Å². The van der Waals surface area contributed by atoms with Gasteiger partial charge in [-0.3, -0.25) is 13.9 Å². The third kappa shape index (κ3) is 3.03. The van der Waals surface area contributed by atoms with Crippen LogP contribution in [0.15, 0.2) is 58.1 Å². The predicted octanol–water partition coefficient (Wildman–Crippen LogP) is 1.87. The topological polar surface area (TPSA) is 82.1 Å². The lowest BCUT2D eigenvalue weighted by Gasteiger charge is -2.13. The molecule has 2 aromatic carbocycles. The van der Waals surface area contributed by atoms with Crippen molar-refractivity contribution < 1.29 is 5.11 Å². The third-order valence-corrected chi connectivity index (χ3v) is 5.07. The lowest BCUT2D eigenvalue weighted by atomic mass is 10.2. The van der Waals surface area contributed by atoms with Crippen molar-refractivity contribution >= 4 is 21.9 Å². The number of aliphatic hydroxyl groups excluding tert-OH is 1. The van der Waals surface area contributed by atoms with E-state index in [4.69, 9.17) is 10.1 Å². The van der Waals surface area contributed by atoms with Crippen molar-refractivity contribution in [2.24, 2.45) is 7.05 Å². The van der Waals surface area contributed by atoms with Crippen molar-refractivity contribution in [1.82, 2.24) is 18.7 Å². The minimum Gasteiger partial charge on any atom is -0.396 e. The quantitative estimate of drug-likeness (QED) is 0.519. The first kappa shape index (κ1) is 18.2. The van der Waals surface area contributed by atoms with Crippen molar-refractivity contribution in [3.05, 3.63) is 75.2 Å². The molecular formula is C21H22N4O3. The molecule has 7 nitrogen and oxygen atoms in total. The summed E-state index contributed by atoms with van der Waals surface area (Å²) in [5.41, 5.74) is 1.80. The summed E-state index contributed by atoms with van der Waals surface area (Å²) in [5.74, 6) is 0.755. The maximum Gasteiger partial charge on any atom is 0.331 e. The minimum absolute atomic E-state index is 0.146. The SMILES string of the molecule is Cn1c(=O)c2ccccc2n(Cc2nc3ccccc3n2CCCCO)c1=O. The number of nitrogens with zero attached hydrogens (tertiary/aromatic N) is 4. The molecule has 0 atom stereocenters. The fourth-order valence-corrected chi connectivity index (χ4v) is 3.61. The van der Waals surface area contributed by atoms with Crippen molar-refractivity contribution in [3.63, 3.8) is 0 Å². The Morgan fingerprint density at radius 2 is 1.64 bits per heavy atom. The average molecular weight is 378 g/mol. The number of para-hydroxylation sites is 3. The predicted molar refractivity (Wildman–Crippen MR) is 109 cm³/mol. The molecule has 0 saturated carbocycles. The van der Waals surface area contributed by atoms with E-state index < -0.39 is 0 Å². The van der Waals surface area contributed by atoms with Crippen LogP contribution in [-0.2, 0) is 20.1 Å². The first-order valence-corrected chi connectivity index (χ1v) is 9.35. The molecule has 0 saturated heterocycles. The zero-order valence-corrected chi connectivity index (χ0v) is 15.7. The van der Waals surface area contributed by atoms with Crippen LogP contribution in [0, 0.1) is 0 Å². The maximum absolute atomic E-state index is 12.9. The molecule has 0 fully saturated rings. The molecule has 144 valence electrons. The Labute approximate surface area is 161 Å². The molecule has 0 radical (unpaired) electrons. The van der Waals surface area contributed by atoms with Gasteiger partial charge in [0.1, 0.15) is 5.82 Å². The largest absolute Gasteiger partial charge is 0.396 e. The van der Waals surface area contributed by atoms with Crippen molar-refractivity contribution in [2.45, 2.75) is 25.9 Å². The number of fused-ring (bicyclic) bond motifs is 2. The van der Waals surface area contributed by atoms with E-state index in [9.17, 15) is 9.59 Å². The molecule has 0 aliphatic carbocycles. The van der Waals surface area contributed by atoms with Crippen LogP contribution in [0.4, 0.5) is 0 Å². The normalized spacial score (nSPS) is 11.5. The number of aryl methyl sites for hydroxylation is 1. The molecule has 0 aliphatic heterocycles.